The Balaban J connectivity index is 0.00000121. The van der Waals surface area contributed by atoms with Crippen molar-refractivity contribution >= 4 is 24.0 Å². The van der Waals surface area contributed by atoms with E-state index in [0.29, 0.717) is 0 Å². The van der Waals surface area contributed by atoms with Crippen LogP contribution in [-0.4, -0.2) is 38.2 Å². The summed E-state index contributed by atoms with van der Waals surface area (Å²) in [6, 6.07) is 0. The van der Waals surface area contributed by atoms with Crippen LogP contribution in [0.4, 0.5) is 0 Å². The van der Waals surface area contributed by atoms with E-state index in [1.54, 1.807) is 7.05 Å². The van der Waals surface area contributed by atoms with Crippen molar-refractivity contribution in [1.29, 1.82) is 0 Å². The van der Waals surface area contributed by atoms with Gasteiger partial charge in [0.15, 0.2) is 0 Å². The number of nitrogens with zero attached hydrogens (tertiary/aromatic N) is 1. The lowest BCUT2D eigenvalue weighted by Gasteiger charge is -2.25. The molecule has 0 spiro atoms. The fourth-order valence-electron chi connectivity index (χ4n) is 1.46. The first-order valence-electron chi connectivity index (χ1n) is 4.44. The molecule has 1 aliphatic rings. The molecule has 1 heterocycles. The van der Waals surface area contributed by atoms with E-state index >= 15 is 0 Å². The van der Waals surface area contributed by atoms with Crippen molar-refractivity contribution in [3.63, 3.8) is 0 Å². The van der Waals surface area contributed by atoms with E-state index in [-0.39, 0.29) is 24.0 Å². The maximum absolute atomic E-state index is 5.04. The van der Waals surface area contributed by atoms with Crippen molar-refractivity contribution in [2.45, 2.75) is 19.3 Å². The Morgan fingerprint density at radius 2 is 1.92 bits per heavy atom. The molecule has 3 nitrogen and oxygen atoms in total. The fraction of sp³-hybridized carbons (Fsp3) is 1.00. The number of hydrogen-bond donors (Lipinski definition) is 1. The molecule has 1 N–H and O–H groups in total. The van der Waals surface area contributed by atoms with E-state index in [1.807, 2.05) is 0 Å². The average Bonchev–Trinajstić information content (AvgIpc) is 2.07. The van der Waals surface area contributed by atoms with E-state index in [4.69, 9.17) is 4.84 Å². The lowest BCUT2D eigenvalue weighted by molar-refractivity contribution is 0.0373. The second-order valence-corrected chi connectivity index (χ2v) is 2.95. The predicted molar refractivity (Wildman–Crippen MR) is 60.7 cm³/mol. The van der Waals surface area contributed by atoms with Crippen LogP contribution in [-0.2, 0) is 4.84 Å². The lowest BCUT2D eigenvalue weighted by Crippen LogP contribution is -2.33. The molecule has 1 aliphatic heterocycles. The molecule has 1 rings (SSSR count). The molecule has 0 aromatic carbocycles. The second kappa shape index (κ2) is 8.22. The first kappa shape index (κ1) is 12.6. The zero-order valence-electron chi connectivity index (χ0n) is 7.71. The van der Waals surface area contributed by atoms with E-state index in [1.165, 1.54) is 32.4 Å². The quantitative estimate of drug-likeness (QED) is 0.478. The summed E-state index contributed by atoms with van der Waals surface area (Å²) in [5.41, 5.74) is 2.68. The van der Waals surface area contributed by atoms with Gasteiger partial charge in [-0.2, -0.15) is 0 Å². The summed E-state index contributed by atoms with van der Waals surface area (Å²) in [6.45, 7) is 4.39. The van der Waals surface area contributed by atoms with E-state index in [0.717, 1.165) is 13.2 Å². The zero-order chi connectivity index (χ0) is 7.94. The van der Waals surface area contributed by atoms with Crippen LogP contribution >= 0.6 is 24.0 Å². The van der Waals surface area contributed by atoms with Crippen LogP contribution in [0.1, 0.15) is 19.3 Å². The Hall–Kier alpha value is 0.610. The largest absolute Gasteiger partial charge is 0.301 e. The van der Waals surface area contributed by atoms with Gasteiger partial charge in [0, 0.05) is 13.6 Å². The minimum absolute atomic E-state index is 0. The summed E-state index contributed by atoms with van der Waals surface area (Å²) in [4.78, 5) is 7.50. The number of rotatable bonds is 4. The van der Waals surface area contributed by atoms with E-state index in [9.17, 15) is 0 Å². The molecule has 0 bridgehead atoms. The van der Waals surface area contributed by atoms with Crippen LogP contribution in [0.15, 0.2) is 0 Å². The topological polar surface area (TPSA) is 24.5 Å². The van der Waals surface area contributed by atoms with Crippen LogP contribution in [0.2, 0.25) is 0 Å². The van der Waals surface area contributed by atoms with Gasteiger partial charge in [-0.15, -0.1) is 24.0 Å². The molecule has 0 aromatic rings. The molecule has 12 heavy (non-hydrogen) atoms. The monoisotopic (exact) mass is 286 g/mol. The first-order chi connectivity index (χ1) is 5.43. The van der Waals surface area contributed by atoms with Crippen LogP contribution in [0, 0.1) is 0 Å². The smallest absolute Gasteiger partial charge is 0.0809 e. The summed E-state index contributed by atoms with van der Waals surface area (Å²) in [6.07, 6.45) is 4.13. The number of hydroxylamine groups is 1. The van der Waals surface area contributed by atoms with Crippen molar-refractivity contribution in [1.82, 2.24) is 10.4 Å². The standard InChI is InChI=1S/C8H18N2O.HI/c1-9-11-8-7-10-5-3-2-4-6-10;/h9H,2-8H2,1H3;1H. The molecule has 0 unspecified atom stereocenters. The third-order valence-corrected chi connectivity index (χ3v) is 2.10. The number of likely N-dealkylation sites (tertiary alicyclic amines) is 1. The van der Waals surface area contributed by atoms with Gasteiger partial charge in [-0.05, 0) is 25.9 Å². The molecular weight excluding hydrogens is 267 g/mol. The maximum atomic E-state index is 5.04. The molecular formula is C8H19IN2O. The predicted octanol–water partition coefficient (Wildman–Crippen LogP) is 1.24. The molecule has 74 valence electrons. The number of hydrogen-bond acceptors (Lipinski definition) is 3. The Morgan fingerprint density at radius 1 is 1.25 bits per heavy atom. The van der Waals surface area contributed by atoms with Gasteiger partial charge in [-0.25, -0.2) is 5.48 Å². The van der Waals surface area contributed by atoms with Gasteiger partial charge in [0.25, 0.3) is 0 Å². The molecule has 0 aromatic heterocycles. The molecule has 1 fully saturated rings. The first-order valence-corrected chi connectivity index (χ1v) is 4.44. The number of piperidine rings is 1. The Bertz CT molecular complexity index is 97.1. The van der Waals surface area contributed by atoms with Crippen molar-refractivity contribution < 1.29 is 4.84 Å². The summed E-state index contributed by atoms with van der Waals surface area (Å²) in [5, 5.41) is 0. The molecule has 0 atom stereocenters. The van der Waals surface area contributed by atoms with Gasteiger partial charge in [0.1, 0.15) is 0 Å². The molecule has 4 heteroatoms. The maximum Gasteiger partial charge on any atom is 0.0809 e. The summed E-state index contributed by atoms with van der Waals surface area (Å²) in [5.74, 6) is 0. The minimum Gasteiger partial charge on any atom is -0.301 e. The lowest BCUT2D eigenvalue weighted by atomic mass is 10.1. The summed E-state index contributed by atoms with van der Waals surface area (Å²) >= 11 is 0. The van der Waals surface area contributed by atoms with Gasteiger partial charge in [-0.1, -0.05) is 6.42 Å². The van der Waals surface area contributed by atoms with Crippen LogP contribution in [0.25, 0.3) is 0 Å². The number of halogens is 1. The molecule has 0 saturated carbocycles. The third kappa shape index (κ3) is 5.29. The fourth-order valence-corrected chi connectivity index (χ4v) is 1.46. The van der Waals surface area contributed by atoms with Crippen LogP contribution in [0.5, 0.6) is 0 Å². The van der Waals surface area contributed by atoms with Gasteiger partial charge in [0.2, 0.25) is 0 Å². The highest BCUT2D eigenvalue weighted by Gasteiger charge is 2.08. The third-order valence-electron chi connectivity index (χ3n) is 2.10. The van der Waals surface area contributed by atoms with E-state index in [2.05, 4.69) is 10.4 Å². The molecule has 0 amide bonds. The number of nitrogens with one attached hydrogen (secondary N) is 1. The van der Waals surface area contributed by atoms with E-state index < -0.39 is 0 Å². The normalized spacial score (nSPS) is 18.8. The second-order valence-electron chi connectivity index (χ2n) is 2.95. The SMILES string of the molecule is CNOCCN1CCCCC1.I. The van der Waals surface area contributed by atoms with Crippen molar-refractivity contribution in [3.8, 4) is 0 Å². The van der Waals surface area contributed by atoms with Crippen molar-refractivity contribution in [2.75, 3.05) is 33.3 Å². The summed E-state index contributed by atoms with van der Waals surface area (Å²) < 4.78 is 0. The van der Waals surface area contributed by atoms with Crippen LogP contribution in [0.3, 0.4) is 0 Å². The minimum atomic E-state index is 0. The Morgan fingerprint density at radius 3 is 2.50 bits per heavy atom. The zero-order valence-corrected chi connectivity index (χ0v) is 10.0. The average molecular weight is 286 g/mol. The van der Waals surface area contributed by atoms with Gasteiger partial charge in [0.05, 0.1) is 6.61 Å². The highest BCUT2D eigenvalue weighted by atomic mass is 127. The van der Waals surface area contributed by atoms with Crippen molar-refractivity contribution in [3.05, 3.63) is 0 Å². The van der Waals surface area contributed by atoms with Crippen LogP contribution < -0.4 is 5.48 Å². The molecule has 0 radical (unpaired) electrons. The highest BCUT2D eigenvalue weighted by Crippen LogP contribution is 2.07. The summed E-state index contributed by atoms with van der Waals surface area (Å²) in [7, 11) is 1.80. The van der Waals surface area contributed by atoms with Gasteiger partial charge in [-0.3, -0.25) is 0 Å². The molecule has 0 aliphatic carbocycles. The van der Waals surface area contributed by atoms with Gasteiger partial charge >= 0.3 is 0 Å². The molecule has 1 saturated heterocycles. The van der Waals surface area contributed by atoms with Crippen molar-refractivity contribution in [2.24, 2.45) is 0 Å². The Labute approximate surface area is 91.8 Å². The Kier molecular flexibility index (Phi) is 8.64. The van der Waals surface area contributed by atoms with Gasteiger partial charge < -0.3 is 9.74 Å². The highest BCUT2D eigenvalue weighted by molar-refractivity contribution is 14.0.